The first-order valence-electron chi connectivity index (χ1n) is 6.62. The van der Waals surface area contributed by atoms with E-state index in [1.165, 1.54) is 0 Å². The average Bonchev–Trinajstić information content (AvgIpc) is 3.28. The average molecular weight is 269 g/mol. The molecule has 0 aromatic heterocycles. The van der Waals surface area contributed by atoms with Gasteiger partial charge in [0.15, 0.2) is 0 Å². The van der Waals surface area contributed by atoms with E-state index in [0.717, 1.165) is 18.2 Å². The molecule has 1 amide bonds. The van der Waals surface area contributed by atoms with Crippen LogP contribution in [0.1, 0.15) is 33.6 Å². The molecule has 3 rings (SSSR count). The zero-order valence-electron chi connectivity index (χ0n) is 11.2. The predicted octanol–water partition coefficient (Wildman–Crippen LogP) is 2.77. The van der Waals surface area contributed by atoms with Gasteiger partial charge >= 0.3 is 5.97 Å². The first-order valence-corrected chi connectivity index (χ1v) is 6.62. The van der Waals surface area contributed by atoms with E-state index in [9.17, 15) is 14.7 Å². The Balaban J connectivity index is 2.19. The van der Waals surface area contributed by atoms with E-state index in [-0.39, 0.29) is 11.5 Å². The van der Waals surface area contributed by atoms with Crippen molar-refractivity contribution < 1.29 is 14.7 Å². The van der Waals surface area contributed by atoms with Crippen LogP contribution in [0.5, 0.6) is 0 Å². The lowest BCUT2D eigenvalue weighted by Crippen LogP contribution is -2.29. The van der Waals surface area contributed by atoms with Gasteiger partial charge in [0.2, 0.25) is 0 Å². The third-order valence-electron chi connectivity index (χ3n) is 3.78. The van der Waals surface area contributed by atoms with Gasteiger partial charge in [-0.05, 0) is 30.4 Å². The highest BCUT2D eigenvalue weighted by atomic mass is 16.4. The zero-order chi connectivity index (χ0) is 14.3. The van der Waals surface area contributed by atoms with Gasteiger partial charge in [0.25, 0.3) is 5.91 Å². The molecule has 0 spiro atoms. The molecular weight excluding hydrogens is 254 g/mol. The summed E-state index contributed by atoms with van der Waals surface area (Å²) in [5.41, 5.74) is 0.644. The lowest BCUT2D eigenvalue weighted by Gasteiger charge is -2.18. The van der Waals surface area contributed by atoms with E-state index >= 15 is 0 Å². The largest absolute Gasteiger partial charge is 0.478 e. The van der Waals surface area contributed by atoms with Gasteiger partial charge in [0.1, 0.15) is 0 Å². The second-order valence-corrected chi connectivity index (χ2v) is 5.16. The minimum atomic E-state index is -1.01. The number of benzene rings is 2. The third kappa shape index (κ3) is 2.03. The Bertz CT molecular complexity index is 699. The van der Waals surface area contributed by atoms with Crippen LogP contribution in [0.4, 0.5) is 0 Å². The summed E-state index contributed by atoms with van der Waals surface area (Å²) in [5, 5.41) is 10.6. The second-order valence-electron chi connectivity index (χ2n) is 5.16. The van der Waals surface area contributed by atoms with Crippen LogP contribution in [-0.4, -0.2) is 35.0 Å². The highest BCUT2D eigenvalue weighted by Crippen LogP contribution is 2.29. The smallest absolute Gasteiger partial charge is 0.336 e. The first kappa shape index (κ1) is 12.7. The van der Waals surface area contributed by atoms with Crippen molar-refractivity contribution in [3.63, 3.8) is 0 Å². The van der Waals surface area contributed by atoms with E-state index in [0.29, 0.717) is 17.0 Å². The Kier molecular flexibility index (Phi) is 2.93. The Labute approximate surface area is 116 Å². The fourth-order valence-corrected chi connectivity index (χ4v) is 2.52. The number of hydrogen-bond donors (Lipinski definition) is 1. The normalized spacial score (nSPS) is 14.2. The van der Waals surface area contributed by atoms with Gasteiger partial charge in [-0.25, -0.2) is 4.79 Å². The molecule has 1 saturated carbocycles. The van der Waals surface area contributed by atoms with E-state index in [2.05, 4.69) is 0 Å². The van der Waals surface area contributed by atoms with Crippen molar-refractivity contribution in [1.82, 2.24) is 4.90 Å². The van der Waals surface area contributed by atoms with Crippen LogP contribution in [0.2, 0.25) is 0 Å². The fraction of sp³-hybridized carbons (Fsp3) is 0.250. The summed E-state index contributed by atoms with van der Waals surface area (Å²) in [7, 11) is 1.78. The van der Waals surface area contributed by atoms with Gasteiger partial charge in [-0.2, -0.15) is 0 Å². The molecule has 2 aromatic rings. The van der Waals surface area contributed by atoms with E-state index < -0.39 is 5.97 Å². The van der Waals surface area contributed by atoms with Gasteiger partial charge in [-0.1, -0.05) is 24.3 Å². The minimum absolute atomic E-state index is 0.105. The molecule has 0 aliphatic heterocycles. The number of hydrogen-bond acceptors (Lipinski definition) is 2. The summed E-state index contributed by atoms with van der Waals surface area (Å²) < 4.78 is 0. The monoisotopic (exact) mass is 269 g/mol. The molecule has 102 valence electrons. The number of amides is 1. The second kappa shape index (κ2) is 4.63. The first-order chi connectivity index (χ1) is 9.59. The van der Waals surface area contributed by atoms with Crippen LogP contribution in [0.3, 0.4) is 0 Å². The molecule has 1 N–H and O–H groups in total. The maximum absolute atomic E-state index is 12.5. The molecule has 1 aliphatic rings. The van der Waals surface area contributed by atoms with E-state index in [1.807, 2.05) is 12.1 Å². The highest BCUT2D eigenvalue weighted by molar-refractivity contribution is 6.14. The van der Waals surface area contributed by atoms with Crippen molar-refractivity contribution in [2.45, 2.75) is 18.9 Å². The van der Waals surface area contributed by atoms with Crippen molar-refractivity contribution in [2.75, 3.05) is 7.05 Å². The Hall–Kier alpha value is -2.36. The molecule has 2 aromatic carbocycles. The summed E-state index contributed by atoms with van der Waals surface area (Å²) in [6, 6.07) is 10.7. The van der Waals surface area contributed by atoms with Gasteiger partial charge in [-0.15, -0.1) is 0 Å². The van der Waals surface area contributed by atoms with Crippen LogP contribution in [0, 0.1) is 0 Å². The SMILES string of the molecule is CN(C(=O)c1cccc2cccc(C(=O)O)c12)C1CC1. The number of nitrogens with zero attached hydrogens (tertiary/aromatic N) is 1. The zero-order valence-corrected chi connectivity index (χ0v) is 11.2. The van der Waals surface area contributed by atoms with Gasteiger partial charge in [-0.3, -0.25) is 4.79 Å². The van der Waals surface area contributed by atoms with Gasteiger partial charge in [0.05, 0.1) is 5.56 Å². The number of carboxylic acid groups (broad SMARTS) is 1. The van der Waals surface area contributed by atoms with Crippen LogP contribution in [0.15, 0.2) is 36.4 Å². The number of rotatable bonds is 3. The summed E-state index contributed by atoms with van der Waals surface area (Å²) in [6.07, 6.45) is 2.05. The third-order valence-corrected chi connectivity index (χ3v) is 3.78. The predicted molar refractivity (Wildman–Crippen MR) is 76.0 cm³/mol. The molecule has 1 aliphatic carbocycles. The van der Waals surface area contributed by atoms with Gasteiger partial charge < -0.3 is 10.0 Å². The van der Waals surface area contributed by atoms with Crippen molar-refractivity contribution in [2.24, 2.45) is 0 Å². The van der Waals surface area contributed by atoms with Crippen molar-refractivity contribution in [3.8, 4) is 0 Å². The molecule has 0 heterocycles. The summed E-state index contributed by atoms with van der Waals surface area (Å²) >= 11 is 0. The maximum atomic E-state index is 12.5. The van der Waals surface area contributed by atoms with Crippen LogP contribution >= 0.6 is 0 Å². The van der Waals surface area contributed by atoms with Crippen LogP contribution < -0.4 is 0 Å². The number of carbonyl (C=O) groups is 2. The topological polar surface area (TPSA) is 57.6 Å². The Morgan fingerprint density at radius 2 is 1.70 bits per heavy atom. The fourth-order valence-electron chi connectivity index (χ4n) is 2.52. The van der Waals surface area contributed by atoms with E-state index in [1.54, 1.807) is 36.2 Å². The van der Waals surface area contributed by atoms with Crippen molar-refractivity contribution in [3.05, 3.63) is 47.5 Å². The Morgan fingerprint density at radius 1 is 1.10 bits per heavy atom. The number of fused-ring (bicyclic) bond motifs is 1. The standard InChI is InChI=1S/C16H15NO3/c1-17(11-8-9-11)15(18)12-6-2-4-10-5-3-7-13(14(10)12)16(19)20/h2-7,11H,8-9H2,1H3,(H,19,20). The van der Waals surface area contributed by atoms with E-state index in [4.69, 9.17) is 0 Å². The molecule has 4 nitrogen and oxygen atoms in total. The van der Waals surface area contributed by atoms with Crippen LogP contribution in [-0.2, 0) is 0 Å². The van der Waals surface area contributed by atoms with Crippen molar-refractivity contribution in [1.29, 1.82) is 0 Å². The molecule has 4 heteroatoms. The van der Waals surface area contributed by atoms with Crippen LogP contribution in [0.25, 0.3) is 10.8 Å². The highest BCUT2D eigenvalue weighted by Gasteiger charge is 2.31. The Morgan fingerprint density at radius 3 is 2.25 bits per heavy atom. The quantitative estimate of drug-likeness (QED) is 0.932. The molecule has 0 atom stereocenters. The lowest BCUT2D eigenvalue weighted by atomic mass is 9.98. The molecule has 0 bridgehead atoms. The molecule has 0 unspecified atom stereocenters. The number of carboxylic acids is 1. The summed E-state index contributed by atoms with van der Waals surface area (Å²) in [5.74, 6) is -1.11. The summed E-state index contributed by atoms with van der Waals surface area (Å²) in [4.78, 5) is 25.6. The maximum Gasteiger partial charge on any atom is 0.336 e. The molecule has 20 heavy (non-hydrogen) atoms. The van der Waals surface area contributed by atoms with Crippen molar-refractivity contribution >= 4 is 22.6 Å². The number of aromatic carboxylic acids is 1. The molecular formula is C16H15NO3. The minimum Gasteiger partial charge on any atom is -0.478 e. The van der Waals surface area contributed by atoms with Gasteiger partial charge in [0, 0.05) is 24.0 Å². The summed E-state index contributed by atoms with van der Waals surface area (Å²) in [6.45, 7) is 0. The molecule has 0 radical (unpaired) electrons. The lowest BCUT2D eigenvalue weighted by molar-refractivity contribution is 0.0699. The molecule has 0 saturated heterocycles. The molecule has 1 fully saturated rings. The number of carbonyl (C=O) groups excluding carboxylic acids is 1.